The molecule has 0 aromatic heterocycles. The molecule has 16 heavy (non-hydrogen) atoms. The van der Waals surface area contributed by atoms with Crippen LogP contribution in [0, 0.1) is 0 Å². The molecule has 86 valence electrons. The van der Waals surface area contributed by atoms with Crippen molar-refractivity contribution >= 4 is 27.7 Å². The van der Waals surface area contributed by atoms with Crippen molar-refractivity contribution in [2.75, 3.05) is 5.75 Å². The van der Waals surface area contributed by atoms with Crippen LogP contribution in [0.3, 0.4) is 0 Å². The van der Waals surface area contributed by atoms with Gasteiger partial charge in [0.1, 0.15) is 0 Å². The fourth-order valence-electron chi connectivity index (χ4n) is 1.92. The first-order valence-electron chi connectivity index (χ1n) is 5.51. The molecule has 1 heterocycles. The van der Waals surface area contributed by atoms with Crippen molar-refractivity contribution in [3.63, 3.8) is 0 Å². The number of rotatable bonds is 3. The van der Waals surface area contributed by atoms with Gasteiger partial charge >= 0.3 is 0 Å². The molecule has 1 aromatic rings. The second-order valence-corrected chi connectivity index (χ2v) is 6.12. The van der Waals surface area contributed by atoms with Crippen molar-refractivity contribution in [1.29, 1.82) is 0 Å². The number of hydrogen-bond acceptors (Lipinski definition) is 2. The average Bonchev–Trinajstić information content (AvgIpc) is 2.29. The van der Waals surface area contributed by atoms with Gasteiger partial charge < -0.3 is 5.32 Å². The van der Waals surface area contributed by atoms with E-state index in [-0.39, 0.29) is 0 Å². The highest BCUT2D eigenvalue weighted by Gasteiger charge is 2.21. The van der Waals surface area contributed by atoms with Crippen LogP contribution in [-0.2, 0) is 0 Å². The Morgan fingerprint density at radius 1 is 1.62 bits per heavy atom. The molecule has 1 aromatic carbocycles. The summed E-state index contributed by atoms with van der Waals surface area (Å²) in [6.07, 6.45) is 3.14. The SMILES string of the molecule is C=CC(C)NC1CCSc2ccc(Br)cc21. The highest BCUT2D eigenvalue weighted by Crippen LogP contribution is 2.37. The van der Waals surface area contributed by atoms with Crippen LogP contribution in [0.2, 0.25) is 0 Å². The van der Waals surface area contributed by atoms with Crippen LogP contribution in [0.4, 0.5) is 0 Å². The molecule has 0 fully saturated rings. The van der Waals surface area contributed by atoms with E-state index in [2.05, 4.69) is 52.9 Å². The van der Waals surface area contributed by atoms with E-state index in [1.807, 2.05) is 17.8 Å². The van der Waals surface area contributed by atoms with Crippen molar-refractivity contribution in [2.45, 2.75) is 30.3 Å². The van der Waals surface area contributed by atoms with Gasteiger partial charge in [0.05, 0.1) is 0 Å². The van der Waals surface area contributed by atoms with Gasteiger partial charge in [-0.05, 0) is 42.9 Å². The Balaban J connectivity index is 2.24. The first-order chi connectivity index (χ1) is 7.70. The number of hydrogen-bond donors (Lipinski definition) is 1. The van der Waals surface area contributed by atoms with Crippen LogP contribution in [0.25, 0.3) is 0 Å². The van der Waals surface area contributed by atoms with Crippen LogP contribution < -0.4 is 5.32 Å². The lowest BCUT2D eigenvalue weighted by Crippen LogP contribution is -2.31. The Kier molecular flexibility index (Phi) is 4.11. The van der Waals surface area contributed by atoms with E-state index in [4.69, 9.17) is 0 Å². The zero-order valence-corrected chi connectivity index (χ0v) is 11.8. The van der Waals surface area contributed by atoms with Gasteiger partial charge in [0.2, 0.25) is 0 Å². The molecule has 0 saturated heterocycles. The molecule has 2 rings (SSSR count). The van der Waals surface area contributed by atoms with Crippen LogP contribution in [0.5, 0.6) is 0 Å². The predicted molar refractivity (Wildman–Crippen MR) is 75.0 cm³/mol. The minimum Gasteiger partial charge on any atom is -0.304 e. The van der Waals surface area contributed by atoms with Crippen LogP contribution >= 0.6 is 27.7 Å². The van der Waals surface area contributed by atoms with E-state index in [1.165, 1.54) is 22.6 Å². The second-order valence-electron chi connectivity index (χ2n) is 4.06. The number of halogens is 1. The summed E-state index contributed by atoms with van der Waals surface area (Å²) >= 11 is 5.49. The van der Waals surface area contributed by atoms with Crippen molar-refractivity contribution in [1.82, 2.24) is 5.32 Å². The Bertz CT molecular complexity index is 392. The molecule has 1 N–H and O–H groups in total. The molecule has 0 spiro atoms. The minimum absolute atomic E-state index is 0.361. The smallest absolute Gasteiger partial charge is 0.0344 e. The maximum atomic E-state index is 3.82. The number of thioether (sulfide) groups is 1. The molecule has 1 nitrogen and oxygen atoms in total. The first-order valence-corrected chi connectivity index (χ1v) is 7.29. The summed E-state index contributed by atoms with van der Waals surface area (Å²) in [4.78, 5) is 1.41. The van der Waals surface area contributed by atoms with Crippen molar-refractivity contribution < 1.29 is 0 Å². The molecule has 0 radical (unpaired) electrons. The van der Waals surface area contributed by atoms with Crippen LogP contribution in [0.15, 0.2) is 40.2 Å². The van der Waals surface area contributed by atoms with Crippen molar-refractivity contribution in [2.24, 2.45) is 0 Å². The Labute approximate surface area is 110 Å². The number of benzene rings is 1. The summed E-state index contributed by atoms with van der Waals surface area (Å²) in [6.45, 7) is 5.97. The first kappa shape index (κ1) is 12.2. The average molecular weight is 298 g/mol. The normalized spacial score (nSPS) is 21.2. The van der Waals surface area contributed by atoms with Gasteiger partial charge in [0.15, 0.2) is 0 Å². The van der Waals surface area contributed by atoms with E-state index in [1.54, 1.807) is 0 Å². The Morgan fingerprint density at radius 3 is 3.19 bits per heavy atom. The maximum Gasteiger partial charge on any atom is 0.0344 e. The molecule has 2 unspecified atom stereocenters. The third kappa shape index (κ3) is 2.70. The number of nitrogens with one attached hydrogen (secondary N) is 1. The van der Waals surface area contributed by atoms with E-state index >= 15 is 0 Å². The van der Waals surface area contributed by atoms with Crippen LogP contribution in [0.1, 0.15) is 24.9 Å². The summed E-state index contributed by atoms with van der Waals surface area (Å²) in [5.74, 6) is 1.19. The predicted octanol–water partition coefficient (Wildman–Crippen LogP) is 4.15. The topological polar surface area (TPSA) is 12.0 Å². The minimum atomic E-state index is 0.361. The molecule has 2 atom stereocenters. The van der Waals surface area contributed by atoms with Gasteiger partial charge in [0, 0.05) is 21.5 Å². The summed E-state index contributed by atoms with van der Waals surface area (Å²) in [6, 6.07) is 7.37. The van der Waals surface area contributed by atoms with Gasteiger partial charge in [-0.25, -0.2) is 0 Å². The van der Waals surface area contributed by atoms with E-state index in [0.717, 1.165) is 4.47 Å². The van der Waals surface area contributed by atoms with Gasteiger partial charge in [0.25, 0.3) is 0 Å². The highest BCUT2D eigenvalue weighted by atomic mass is 79.9. The third-order valence-corrected chi connectivity index (χ3v) is 4.44. The summed E-state index contributed by atoms with van der Waals surface area (Å²) < 4.78 is 1.16. The summed E-state index contributed by atoms with van der Waals surface area (Å²) in [7, 11) is 0. The molecule has 0 saturated carbocycles. The van der Waals surface area contributed by atoms with Gasteiger partial charge in [-0.1, -0.05) is 22.0 Å². The molecule has 0 aliphatic carbocycles. The fourth-order valence-corrected chi connectivity index (χ4v) is 3.41. The van der Waals surface area contributed by atoms with Gasteiger partial charge in [-0.15, -0.1) is 18.3 Å². The van der Waals surface area contributed by atoms with E-state index in [9.17, 15) is 0 Å². The van der Waals surface area contributed by atoms with E-state index < -0.39 is 0 Å². The van der Waals surface area contributed by atoms with Crippen LogP contribution in [-0.4, -0.2) is 11.8 Å². The van der Waals surface area contributed by atoms with Gasteiger partial charge in [-0.3, -0.25) is 0 Å². The monoisotopic (exact) mass is 297 g/mol. The Morgan fingerprint density at radius 2 is 2.44 bits per heavy atom. The maximum absolute atomic E-state index is 3.82. The molecular formula is C13H16BrNS. The largest absolute Gasteiger partial charge is 0.304 e. The van der Waals surface area contributed by atoms with Gasteiger partial charge in [-0.2, -0.15) is 0 Å². The fraction of sp³-hybridized carbons (Fsp3) is 0.385. The molecule has 0 amide bonds. The quantitative estimate of drug-likeness (QED) is 0.841. The Hall–Kier alpha value is -0.250. The lowest BCUT2D eigenvalue weighted by molar-refractivity contribution is 0.483. The van der Waals surface area contributed by atoms with Crippen molar-refractivity contribution in [3.8, 4) is 0 Å². The zero-order chi connectivity index (χ0) is 11.5. The number of fused-ring (bicyclic) bond motifs is 1. The zero-order valence-electron chi connectivity index (χ0n) is 9.37. The molecular weight excluding hydrogens is 282 g/mol. The molecule has 1 aliphatic rings. The standard InChI is InChI=1S/C13H16BrNS/c1-3-9(2)15-12-6-7-16-13-5-4-10(14)8-11(12)13/h3-5,8-9,12,15H,1,6-7H2,2H3. The highest BCUT2D eigenvalue weighted by molar-refractivity contribution is 9.10. The lowest BCUT2D eigenvalue weighted by atomic mass is 10.0. The third-order valence-electron chi connectivity index (χ3n) is 2.83. The second kappa shape index (κ2) is 5.39. The summed E-state index contributed by atoms with van der Waals surface area (Å²) in [5.41, 5.74) is 1.42. The lowest BCUT2D eigenvalue weighted by Gasteiger charge is -2.28. The summed E-state index contributed by atoms with van der Waals surface area (Å²) in [5, 5.41) is 3.60. The molecule has 0 bridgehead atoms. The molecule has 3 heteroatoms. The molecule has 1 aliphatic heterocycles. The van der Waals surface area contributed by atoms with Crippen molar-refractivity contribution in [3.05, 3.63) is 40.9 Å². The van der Waals surface area contributed by atoms with E-state index in [0.29, 0.717) is 12.1 Å².